The molecule has 4 rings (SSSR count). The van der Waals surface area contributed by atoms with E-state index in [1.54, 1.807) is 0 Å². The van der Waals surface area contributed by atoms with Crippen LogP contribution in [0.15, 0.2) is 23.8 Å². The Kier molecular flexibility index (Phi) is 7.46. The zero-order chi connectivity index (χ0) is 25.5. The second-order valence-corrected chi connectivity index (χ2v) is 11.0. The summed E-state index contributed by atoms with van der Waals surface area (Å²) in [4.78, 5) is 25.5. The molecular weight excluding hydrogens is 456 g/mol. The predicted molar refractivity (Wildman–Crippen MR) is 124 cm³/mol. The normalized spacial score (nSPS) is 43.8. The molecule has 2 heterocycles. The van der Waals surface area contributed by atoms with E-state index >= 15 is 0 Å². The Labute approximate surface area is 205 Å². The van der Waals surface area contributed by atoms with Gasteiger partial charge in [-0.2, -0.15) is 0 Å². The van der Waals surface area contributed by atoms with Gasteiger partial charge < -0.3 is 34.6 Å². The fourth-order valence-electron chi connectivity index (χ4n) is 7.03. The second-order valence-electron chi connectivity index (χ2n) is 11.0. The summed E-state index contributed by atoms with van der Waals surface area (Å²) in [5.41, 5.74) is 0.766. The van der Waals surface area contributed by atoms with Crippen LogP contribution in [-0.4, -0.2) is 76.3 Å². The summed E-state index contributed by atoms with van der Waals surface area (Å²) in [6, 6.07) is 0. The van der Waals surface area contributed by atoms with Gasteiger partial charge in [0.05, 0.1) is 12.0 Å². The molecule has 196 valence electrons. The zero-order valence-electron chi connectivity index (χ0n) is 20.5. The molecule has 9 nitrogen and oxygen atoms in total. The smallest absolute Gasteiger partial charge is 0.334 e. The van der Waals surface area contributed by atoms with E-state index in [0.29, 0.717) is 25.0 Å². The van der Waals surface area contributed by atoms with Gasteiger partial charge in [-0.3, -0.25) is 4.79 Å². The van der Waals surface area contributed by atoms with E-state index in [4.69, 9.17) is 14.2 Å². The summed E-state index contributed by atoms with van der Waals surface area (Å²) in [5, 5.41) is 39.9. The van der Waals surface area contributed by atoms with Crippen molar-refractivity contribution in [2.45, 2.75) is 89.5 Å². The maximum absolute atomic E-state index is 13.6. The Morgan fingerprint density at radius 3 is 2.60 bits per heavy atom. The lowest BCUT2D eigenvalue weighted by molar-refractivity contribution is -0.297. The molecular formula is C26H38O9. The molecule has 35 heavy (non-hydrogen) atoms. The average Bonchev–Trinajstić information content (AvgIpc) is 3.23. The lowest BCUT2D eigenvalue weighted by Crippen LogP contribution is -2.61. The van der Waals surface area contributed by atoms with Crippen LogP contribution in [-0.2, 0) is 23.8 Å². The fraction of sp³-hybridized carbons (Fsp3) is 0.769. The number of carbonyl (C=O) groups excluding carboxylic acids is 2. The van der Waals surface area contributed by atoms with Gasteiger partial charge in [0.25, 0.3) is 0 Å². The molecule has 0 spiro atoms. The summed E-state index contributed by atoms with van der Waals surface area (Å²) in [6.07, 6.45) is -0.305. The standard InChI is InChI=1S/C26H38O9/c1-14-5-8-18-25(2,16(14)7-6-15-9-12-33-22(15)31)10-4-11-26(18,3)24(32)35-23-21(30)20(29)19(28)17(13-27)34-23/h9,16-21,23,27-30H,1,4-8,10-13H2,2-3H3/t16-,17-,18?,19-,20+,21-,23+,25+,26-/m1/s1. The second kappa shape index (κ2) is 9.94. The number of aliphatic hydroxyl groups excluding tert-OH is 4. The van der Waals surface area contributed by atoms with Gasteiger partial charge in [0.2, 0.25) is 6.29 Å². The molecule has 1 unspecified atom stereocenters. The Morgan fingerprint density at radius 2 is 1.94 bits per heavy atom. The topological polar surface area (TPSA) is 143 Å². The SMILES string of the molecule is C=C1CCC2[C@](C)(C(=O)O[C@@H]3O[C@H](CO)[C@@H](O)[C@H](O)[C@H]3O)CCC[C@@]2(C)[C@@H]1CCC1=CCOC1=O. The van der Waals surface area contributed by atoms with Crippen molar-refractivity contribution < 1.29 is 44.2 Å². The number of rotatable bonds is 6. The third kappa shape index (κ3) is 4.57. The number of cyclic esters (lactones) is 1. The van der Waals surface area contributed by atoms with E-state index in [-0.39, 0.29) is 23.2 Å². The fourth-order valence-corrected chi connectivity index (χ4v) is 7.03. The molecule has 0 aromatic carbocycles. The lowest BCUT2D eigenvalue weighted by atomic mass is 9.46. The third-order valence-electron chi connectivity index (χ3n) is 9.07. The predicted octanol–water partition coefficient (Wildman–Crippen LogP) is 1.37. The first-order valence-corrected chi connectivity index (χ1v) is 12.6. The van der Waals surface area contributed by atoms with Gasteiger partial charge in [0.1, 0.15) is 31.0 Å². The van der Waals surface area contributed by atoms with Crippen LogP contribution >= 0.6 is 0 Å². The summed E-state index contributed by atoms with van der Waals surface area (Å²) in [7, 11) is 0. The number of esters is 2. The molecule has 0 amide bonds. The van der Waals surface area contributed by atoms with Gasteiger partial charge in [-0.15, -0.1) is 0 Å². The average molecular weight is 495 g/mol. The molecule has 0 bridgehead atoms. The lowest BCUT2D eigenvalue weighted by Gasteiger charge is -2.58. The van der Waals surface area contributed by atoms with Crippen LogP contribution in [0.1, 0.15) is 58.8 Å². The molecule has 4 aliphatic rings. The first kappa shape index (κ1) is 26.3. The molecule has 1 saturated heterocycles. The number of ether oxygens (including phenoxy) is 3. The van der Waals surface area contributed by atoms with Gasteiger partial charge in [-0.1, -0.05) is 25.5 Å². The minimum atomic E-state index is -1.63. The van der Waals surface area contributed by atoms with Crippen LogP contribution in [0.2, 0.25) is 0 Å². The van der Waals surface area contributed by atoms with Crippen LogP contribution in [0, 0.1) is 22.7 Å². The van der Waals surface area contributed by atoms with Gasteiger partial charge in [-0.25, -0.2) is 4.79 Å². The minimum Gasteiger partial charge on any atom is -0.458 e. The third-order valence-corrected chi connectivity index (χ3v) is 9.07. The van der Waals surface area contributed by atoms with E-state index < -0.39 is 48.7 Å². The monoisotopic (exact) mass is 494 g/mol. The van der Waals surface area contributed by atoms with Crippen LogP contribution < -0.4 is 0 Å². The van der Waals surface area contributed by atoms with E-state index in [9.17, 15) is 30.0 Å². The van der Waals surface area contributed by atoms with Crippen LogP contribution in [0.4, 0.5) is 0 Å². The van der Waals surface area contributed by atoms with Crippen molar-refractivity contribution in [3.8, 4) is 0 Å². The largest absolute Gasteiger partial charge is 0.458 e. The van der Waals surface area contributed by atoms with E-state index in [1.807, 2.05) is 13.0 Å². The van der Waals surface area contributed by atoms with Crippen molar-refractivity contribution in [1.82, 2.24) is 0 Å². The van der Waals surface area contributed by atoms with Crippen LogP contribution in [0.25, 0.3) is 0 Å². The van der Waals surface area contributed by atoms with Crippen molar-refractivity contribution >= 4 is 11.9 Å². The number of hydrogen-bond acceptors (Lipinski definition) is 9. The van der Waals surface area contributed by atoms with Crippen LogP contribution in [0.5, 0.6) is 0 Å². The number of hydrogen-bond donors (Lipinski definition) is 4. The van der Waals surface area contributed by atoms with Gasteiger partial charge in [0.15, 0.2) is 0 Å². The number of aliphatic hydroxyl groups is 4. The van der Waals surface area contributed by atoms with Gasteiger partial charge >= 0.3 is 11.9 Å². The number of allylic oxidation sites excluding steroid dienone is 1. The molecule has 4 N–H and O–H groups in total. The van der Waals surface area contributed by atoms with E-state index in [1.165, 1.54) is 0 Å². The molecule has 2 aliphatic heterocycles. The minimum absolute atomic E-state index is 0.0128. The highest BCUT2D eigenvalue weighted by Gasteiger charge is 2.58. The summed E-state index contributed by atoms with van der Waals surface area (Å²) < 4.78 is 16.1. The van der Waals surface area contributed by atoms with Gasteiger partial charge in [0, 0.05) is 5.57 Å². The van der Waals surface area contributed by atoms with Crippen molar-refractivity contribution in [3.05, 3.63) is 23.8 Å². The maximum atomic E-state index is 13.6. The molecule has 3 fully saturated rings. The van der Waals surface area contributed by atoms with Crippen molar-refractivity contribution in [3.63, 3.8) is 0 Å². The summed E-state index contributed by atoms with van der Waals surface area (Å²) in [6.45, 7) is 8.17. The van der Waals surface area contributed by atoms with E-state index in [2.05, 4.69) is 13.5 Å². The summed E-state index contributed by atoms with van der Waals surface area (Å²) >= 11 is 0. The molecule has 9 atom stereocenters. The Hall–Kier alpha value is -1.78. The molecule has 0 aromatic heterocycles. The van der Waals surface area contributed by atoms with Crippen molar-refractivity contribution in [2.75, 3.05) is 13.2 Å². The zero-order valence-corrected chi connectivity index (χ0v) is 20.5. The van der Waals surface area contributed by atoms with Crippen LogP contribution in [0.3, 0.4) is 0 Å². The maximum Gasteiger partial charge on any atom is 0.334 e. The molecule has 2 aliphatic carbocycles. The van der Waals surface area contributed by atoms with Crippen molar-refractivity contribution in [2.24, 2.45) is 22.7 Å². The Bertz CT molecular complexity index is 882. The molecule has 0 aromatic rings. The Morgan fingerprint density at radius 1 is 1.20 bits per heavy atom. The number of carbonyl (C=O) groups is 2. The Balaban J connectivity index is 1.52. The first-order valence-electron chi connectivity index (χ1n) is 12.6. The highest BCUT2D eigenvalue weighted by atomic mass is 16.7. The summed E-state index contributed by atoms with van der Waals surface area (Å²) in [5.74, 6) is -0.660. The van der Waals surface area contributed by atoms with Gasteiger partial charge in [-0.05, 0) is 68.8 Å². The van der Waals surface area contributed by atoms with E-state index in [0.717, 1.165) is 37.7 Å². The molecule has 2 saturated carbocycles. The van der Waals surface area contributed by atoms with Crippen molar-refractivity contribution in [1.29, 1.82) is 0 Å². The highest BCUT2D eigenvalue weighted by molar-refractivity contribution is 5.90. The quantitative estimate of drug-likeness (QED) is 0.318. The first-order chi connectivity index (χ1) is 16.5. The highest BCUT2D eigenvalue weighted by Crippen LogP contribution is 2.62. The molecule has 0 radical (unpaired) electrons. The molecule has 9 heteroatoms. The number of fused-ring (bicyclic) bond motifs is 1.